The molecule has 0 aromatic heterocycles. The van der Waals surface area contributed by atoms with Crippen molar-refractivity contribution in [1.82, 2.24) is 0 Å². The largest absolute Gasteiger partial charge is 0.267 e. The SMILES string of the molecule is CC1C(OS(C)(=O)=O)C1[Si](C)(C)C. The Hall–Kier alpha value is 0.127. The first-order chi connectivity index (χ1) is 5.63. The maximum absolute atomic E-state index is 10.9. The molecule has 5 heteroatoms. The zero-order valence-corrected chi connectivity index (χ0v) is 10.7. The van der Waals surface area contributed by atoms with Gasteiger partial charge >= 0.3 is 0 Å². The molecule has 0 saturated heterocycles. The lowest BCUT2D eigenvalue weighted by Crippen LogP contribution is -2.23. The molecule has 0 aliphatic heterocycles. The van der Waals surface area contributed by atoms with E-state index in [4.69, 9.17) is 4.18 Å². The third-order valence-corrected chi connectivity index (χ3v) is 6.01. The van der Waals surface area contributed by atoms with Crippen LogP contribution in [0.5, 0.6) is 0 Å². The van der Waals surface area contributed by atoms with Crippen molar-refractivity contribution in [2.75, 3.05) is 6.26 Å². The Balaban J connectivity index is 2.60. The van der Waals surface area contributed by atoms with Crippen molar-refractivity contribution in [3.05, 3.63) is 0 Å². The summed E-state index contributed by atoms with van der Waals surface area (Å²) < 4.78 is 26.8. The molecule has 0 radical (unpaired) electrons. The summed E-state index contributed by atoms with van der Waals surface area (Å²) in [4.78, 5) is 0. The van der Waals surface area contributed by atoms with Gasteiger partial charge in [-0.05, 0) is 11.5 Å². The second-order valence-corrected chi connectivity index (χ2v) is 12.0. The van der Waals surface area contributed by atoms with Crippen LogP contribution in [0.25, 0.3) is 0 Å². The number of hydrogen-bond acceptors (Lipinski definition) is 3. The zero-order chi connectivity index (χ0) is 10.4. The van der Waals surface area contributed by atoms with Gasteiger partial charge in [-0.2, -0.15) is 8.42 Å². The van der Waals surface area contributed by atoms with E-state index < -0.39 is 18.2 Å². The minimum absolute atomic E-state index is 0.0401. The Morgan fingerprint density at radius 1 is 1.23 bits per heavy atom. The van der Waals surface area contributed by atoms with Crippen molar-refractivity contribution in [2.45, 2.75) is 38.2 Å². The molecule has 1 saturated carbocycles. The van der Waals surface area contributed by atoms with E-state index in [0.717, 1.165) is 6.26 Å². The Labute approximate surface area is 81.6 Å². The summed E-state index contributed by atoms with van der Waals surface area (Å²) in [6.07, 6.45) is 1.08. The van der Waals surface area contributed by atoms with Crippen molar-refractivity contribution in [1.29, 1.82) is 0 Å². The van der Waals surface area contributed by atoms with E-state index in [1.165, 1.54) is 0 Å². The molecule has 3 nitrogen and oxygen atoms in total. The third kappa shape index (κ3) is 2.79. The molecule has 13 heavy (non-hydrogen) atoms. The highest BCUT2D eigenvalue weighted by Crippen LogP contribution is 2.54. The normalized spacial score (nSPS) is 34.7. The fraction of sp³-hybridized carbons (Fsp3) is 1.00. The van der Waals surface area contributed by atoms with E-state index in [1.807, 2.05) is 0 Å². The Kier molecular flexibility index (Phi) is 2.64. The molecule has 3 unspecified atom stereocenters. The maximum Gasteiger partial charge on any atom is 0.264 e. The van der Waals surface area contributed by atoms with Crippen molar-refractivity contribution >= 4 is 18.2 Å². The second kappa shape index (κ2) is 3.07. The van der Waals surface area contributed by atoms with Gasteiger partial charge in [0.05, 0.1) is 20.4 Å². The van der Waals surface area contributed by atoms with E-state index in [0.29, 0.717) is 11.5 Å². The quantitative estimate of drug-likeness (QED) is 0.539. The Morgan fingerprint density at radius 2 is 1.69 bits per heavy atom. The van der Waals surface area contributed by atoms with Crippen molar-refractivity contribution in [2.24, 2.45) is 5.92 Å². The molecule has 78 valence electrons. The molecule has 0 aromatic rings. The van der Waals surface area contributed by atoms with Gasteiger partial charge in [0, 0.05) is 0 Å². The first kappa shape index (κ1) is 11.2. The topological polar surface area (TPSA) is 43.4 Å². The lowest BCUT2D eigenvalue weighted by Gasteiger charge is -2.14. The maximum atomic E-state index is 10.9. The predicted octanol–water partition coefficient (Wildman–Crippen LogP) is 1.69. The lowest BCUT2D eigenvalue weighted by atomic mass is 10.5. The first-order valence-corrected chi connectivity index (χ1v) is 9.90. The lowest BCUT2D eigenvalue weighted by molar-refractivity contribution is 0.294. The summed E-state index contributed by atoms with van der Waals surface area (Å²) in [5.74, 6) is 0.418. The van der Waals surface area contributed by atoms with Crippen molar-refractivity contribution < 1.29 is 12.6 Å². The molecule has 1 aliphatic rings. The first-order valence-electron chi connectivity index (χ1n) is 4.51. The van der Waals surface area contributed by atoms with E-state index in [-0.39, 0.29) is 6.10 Å². The van der Waals surface area contributed by atoms with Crippen molar-refractivity contribution in [3.63, 3.8) is 0 Å². The fourth-order valence-corrected chi connectivity index (χ4v) is 5.87. The molecule has 0 aromatic carbocycles. The Bertz CT molecular complexity index is 291. The van der Waals surface area contributed by atoms with Crippen molar-refractivity contribution in [3.8, 4) is 0 Å². The van der Waals surface area contributed by atoms with E-state index in [1.54, 1.807) is 0 Å². The van der Waals surface area contributed by atoms with E-state index in [9.17, 15) is 8.42 Å². The molecule has 0 N–H and O–H groups in total. The molecule has 1 aliphatic carbocycles. The summed E-state index contributed by atoms with van der Waals surface area (Å²) in [5.41, 5.74) is 0.502. The predicted molar refractivity (Wildman–Crippen MR) is 56.0 cm³/mol. The van der Waals surface area contributed by atoms with Gasteiger partial charge in [0.2, 0.25) is 0 Å². The van der Waals surface area contributed by atoms with E-state index >= 15 is 0 Å². The molecule has 1 fully saturated rings. The highest BCUT2D eigenvalue weighted by atomic mass is 32.2. The van der Waals surface area contributed by atoms with Crippen LogP contribution in [0.3, 0.4) is 0 Å². The molecule has 0 amide bonds. The average Bonchev–Trinajstić information content (AvgIpc) is 2.34. The van der Waals surface area contributed by atoms with Gasteiger partial charge in [-0.3, -0.25) is 4.18 Å². The van der Waals surface area contributed by atoms with Crippen LogP contribution in [-0.4, -0.2) is 28.9 Å². The van der Waals surface area contributed by atoms with E-state index in [2.05, 4.69) is 26.6 Å². The van der Waals surface area contributed by atoms with Crippen LogP contribution in [0, 0.1) is 5.92 Å². The molecule has 0 spiro atoms. The Morgan fingerprint density at radius 3 is 1.92 bits per heavy atom. The van der Waals surface area contributed by atoms with Crippen LogP contribution in [-0.2, 0) is 14.3 Å². The third-order valence-electron chi connectivity index (χ3n) is 2.58. The fourth-order valence-electron chi connectivity index (χ4n) is 2.06. The standard InChI is InChI=1S/C8H18O3SSi/c1-6-7(11-12(2,9)10)8(6)13(3,4)5/h6-8H,1-5H3. The summed E-state index contributed by atoms with van der Waals surface area (Å²) in [5, 5.41) is 0. The van der Waals surface area contributed by atoms with Crippen LogP contribution < -0.4 is 0 Å². The van der Waals surface area contributed by atoms with Gasteiger partial charge < -0.3 is 0 Å². The monoisotopic (exact) mass is 222 g/mol. The molecular weight excluding hydrogens is 204 g/mol. The summed E-state index contributed by atoms with van der Waals surface area (Å²) in [7, 11) is -4.50. The molecule has 3 atom stereocenters. The summed E-state index contributed by atoms with van der Waals surface area (Å²) in [6.45, 7) is 8.82. The van der Waals surface area contributed by atoms with Crippen LogP contribution >= 0.6 is 0 Å². The van der Waals surface area contributed by atoms with Crippen LogP contribution in [0.1, 0.15) is 6.92 Å². The summed E-state index contributed by atoms with van der Waals surface area (Å²) >= 11 is 0. The molecule has 0 heterocycles. The van der Waals surface area contributed by atoms with Gasteiger partial charge in [-0.15, -0.1) is 0 Å². The minimum Gasteiger partial charge on any atom is -0.267 e. The highest BCUT2D eigenvalue weighted by molar-refractivity contribution is 7.86. The van der Waals surface area contributed by atoms with Gasteiger partial charge in [-0.1, -0.05) is 26.6 Å². The molecule has 1 rings (SSSR count). The smallest absolute Gasteiger partial charge is 0.264 e. The van der Waals surface area contributed by atoms with Crippen LogP contribution in [0.15, 0.2) is 0 Å². The van der Waals surface area contributed by atoms with Gasteiger partial charge in [0.1, 0.15) is 0 Å². The minimum atomic E-state index is -3.26. The van der Waals surface area contributed by atoms with Gasteiger partial charge in [0.25, 0.3) is 10.1 Å². The average molecular weight is 222 g/mol. The second-order valence-electron chi connectivity index (χ2n) is 5.02. The van der Waals surface area contributed by atoms with Crippen LogP contribution in [0.2, 0.25) is 25.2 Å². The summed E-state index contributed by atoms with van der Waals surface area (Å²) in [6, 6.07) is 0. The van der Waals surface area contributed by atoms with Crippen LogP contribution in [0.4, 0.5) is 0 Å². The van der Waals surface area contributed by atoms with Gasteiger partial charge in [-0.25, -0.2) is 0 Å². The zero-order valence-electron chi connectivity index (χ0n) is 8.87. The molecule has 0 bridgehead atoms. The number of rotatable bonds is 3. The van der Waals surface area contributed by atoms with Gasteiger partial charge in [0.15, 0.2) is 0 Å². The highest BCUT2D eigenvalue weighted by Gasteiger charge is 2.56. The number of hydrogen-bond donors (Lipinski definition) is 0. The molecular formula is C8H18O3SSi.